The maximum absolute atomic E-state index is 12.3. The number of thiazole rings is 1. The molecule has 0 aromatic carbocycles. The summed E-state index contributed by atoms with van der Waals surface area (Å²) in [7, 11) is 0. The zero-order chi connectivity index (χ0) is 15.5. The molecule has 0 radical (unpaired) electrons. The van der Waals surface area contributed by atoms with E-state index in [1.807, 2.05) is 5.38 Å². The van der Waals surface area contributed by atoms with Gasteiger partial charge in [-0.1, -0.05) is 20.8 Å². The van der Waals surface area contributed by atoms with Gasteiger partial charge in [0.05, 0.1) is 5.75 Å². The first kappa shape index (κ1) is 16.3. The van der Waals surface area contributed by atoms with Crippen LogP contribution in [0.15, 0.2) is 11.6 Å². The number of nitrogens with zero attached hydrogens (tertiary/aromatic N) is 2. The number of anilines is 1. The molecule has 1 saturated heterocycles. The third-order valence-corrected chi connectivity index (χ3v) is 5.11. The lowest BCUT2D eigenvalue weighted by atomic mass is 10.2. The van der Waals surface area contributed by atoms with Crippen molar-refractivity contribution in [2.45, 2.75) is 44.4 Å². The molecule has 1 N–H and O–H groups in total. The molecule has 1 fully saturated rings. The monoisotopic (exact) mass is 327 g/mol. The minimum absolute atomic E-state index is 0.0479. The molecule has 2 heterocycles. The Labute approximate surface area is 133 Å². The highest BCUT2D eigenvalue weighted by Crippen LogP contribution is 2.26. The second-order valence-corrected chi connectivity index (χ2v) is 8.67. The third-order valence-electron chi connectivity index (χ3n) is 3.17. The number of nitrogens with one attached hydrogen (secondary N) is 1. The maximum atomic E-state index is 12.3. The summed E-state index contributed by atoms with van der Waals surface area (Å²) in [6.07, 6.45) is 3.25. The molecule has 116 valence electrons. The van der Waals surface area contributed by atoms with Gasteiger partial charge in [0, 0.05) is 22.9 Å². The van der Waals surface area contributed by atoms with Gasteiger partial charge in [-0.25, -0.2) is 4.98 Å². The molecule has 2 rings (SSSR count). The topological polar surface area (TPSA) is 62.3 Å². The predicted molar refractivity (Wildman–Crippen MR) is 87.7 cm³/mol. The number of hydrogen-bond donors (Lipinski definition) is 1. The fraction of sp³-hybridized carbons (Fsp3) is 0.643. The van der Waals surface area contributed by atoms with Gasteiger partial charge in [0.15, 0.2) is 5.13 Å². The minimum Gasteiger partial charge on any atom is -0.330 e. The highest BCUT2D eigenvalue weighted by Gasteiger charge is 2.34. The van der Waals surface area contributed by atoms with Crippen molar-refractivity contribution in [3.05, 3.63) is 11.6 Å². The number of thioether (sulfide) groups is 1. The van der Waals surface area contributed by atoms with Crippen molar-refractivity contribution < 1.29 is 9.59 Å². The number of hydrogen-bond acceptors (Lipinski definition) is 5. The average molecular weight is 327 g/mol. The van der Waals surface area contributed by atoms with Gasteiger partial charge in [0.1, 0.15) is 6.04 Å². The quantitative estimate of drug-likeness (QED) is 0.923. The zero-order valence-corrected chi connectivity index (χ0v) is 14.2. The van der Waals surface area contributed by atoms with E-state index in [0.717, 1.165) is 12.8 Å². The number of carbonyl (C=O) groups excluding carboxylic acids is 2. The normalized spacial score (nSPS) is 18.8. The summed E-state index contributed by atoms with van der Waals surface area (Å²) in [5.74, 6) is 0.341. The summed E-state index contributed by atoms with van der Waals surface area (Å²) in [4.78, 5) is 30.4. The van der Waals surface area contributed by atoms with E-state index < -0.39 is 0 Å². The summed E-state index contributed by atoms with van der Waals surface area (Å²) in [6.45, 7) is 6.92. The van der Waals surface area contributed by atoms with Gasteiger partial charge in [0.25, 0.3) is 0 Å². The molecule has 1 aliphatic heterocycles. The van der Waals surface area contributed by atoms with Crippen LogP contribution in [-0.2, 0) is 9.59 Å². The van der Waals surface area contributed by atoms with E-state index in [9.17, 15) is 9.59 Å². The summed E-state index contributed by atoms with van der Waals surface area (Å²) in [5.41, 5.74) is 0. The fourth-order valence-corrected chi connectivity index (χ4v) is 3.43. The van der Waals surface area contributed by atoms with Crippen molar-refractivity contribution in [1.29, 1.82) is 0 Å². The predicted octanol–water partition coefficient (Wildman–Crippen LogP) is 2.60. The molecular weight excluding hydrogens is 306 g/mol. The van der Waals surface area contributed by atoms with Crippen molar-refractivity contribution in [1.82, 2.24) is 9.88 Å². The van der Waals surface area contributed by atoms with Crippen LogP contribution in [0.5, 0.6) is 0 Å². The van der Waals surface area contributed by atoms with Crippen LogP contribution in [0.3, 0.4) is 0 Å². The Kier molecular flexibility index (Phi) is 5.27. The molecule has 1 atom stereocenters. The molecule has 1 aromatic rings. The number of aromatic nitrogens is 1. The molecule has 0 aliphatic carbocycles. The number of rotatable bonds is 4. The number of likely N-dealkylation sites (tertiary alicyclic amines) is 1. The highest BCUT2D eigenvalue weighted by molar-refractivity contribution is 8.01. The lowest BCUT2D eigenvalue weighted by Gasteiger charge is -2.25. The Hall–Kier alpha value is -1.08. The van der Waals surface area contributed by atoms with Gasteiger partial charge >= 0.3 is 0 Å². The first-order chi connectivity index (χ1) is 9.87. The first-order valence-electron chi connectivity index (χ1n) is 7.00. The first-order valence-corrected chi connectivity index (χ1v) is 8.87. The van der Waals surface area contributed by atoms with Crippen molar-refractivity contribution in [2.75, 3.05) is 17.6 Å². The molecule has 0 bridgehead atoms. The van der Waals surface area contributed by atoms with Crippen molar-refractivity contribution >= 4 is 40.0 Å². The maximum Gasteiger partial charge on any atom is 0.248 e. The number of carbonyl (C=O) groups is 2. The molecule has 7 heteroatoms. The van der Waals surface area contributed by atoms with E-state index in [1.165, 1.54) is 11.3 Å². The van der Waals surface area contributed by atoms with E-state index in [0.29, 0.717) is 17.4 Å². The SMILES string of the molecule is CC(C)(C)SCC(=O)N1CCC[C@@H]1C(=O)Nc1nccs1. The average Bonchev–Trinajstić information content (AvgIpc) is 3.05. The van der Waals surface area contributed by atoms with E-state index in [1.54, 1.807) is 22.9 Å². The summed E-state index contributed by atoms with van der Waals surface area (Å²) in [6, 6.07) is -0.359. The molecule has 0 unspecified atom stereocenters. The standard InChI is InChI=1S/C14H21N3O2S2/c1-14(2,3)21-9-11(18)17-7-4-5-10(17)12(19)16-13-15-6-8-20-13/h6,8,10H,4-5,7,9H2,1-3H3,(H,15,16,19)/t10-/m1/s1. The second kappa shape index (κ2) is 6.79. The van der Waals surface area contributed by atoms with Crippen LogP contribution in [-0.4, -0.2) is 44.8 Å². The van der Waals surface area contributed by atoms with Gasteiger partial charge < -0.3 is 10.2 Å². The third kappa shape index (κ3) is 4.71. The second-order valence-electron chi connectivity index (χ2n) is 5.97. The Balaban J connectivity index is 1.93. The van der Waals surface area contributed by atoms with Crippen LogP contribution in [0.25, 0.3) is 0 Å². The highest BCUT2D eigenvalue weighted by atomic mass is 32.2. The van der Waals surface area contributed by atoms with Gasteiger partial charge in [-0.15, -0.1) is 23.1 Å². The van der Waals surface area contributed by atoms with Gasteiger partial charge in [-0.3, -0.25) is 9.59 Å². The fourth-order valence-electron chi connectivity index (χ4n) is 2.17. The van der Waals surface area contributed by atoms with Crippen molar-refractivity contribution in [3.63, 3.8) is 0 Å². The lowest BCUT2D eigenvalue weighted by Crippen LogP contribution is -2.44. The zero-order valence-electron chi connectivity index (χ0n) is 12.6. The number of amides is 2. The van der Waals surface area contributed by atoms with Crippen molar-refractivity contribution in [2.24, 2.45) is 0 Å². The molecule has 1 aliphatic rings. The molecule has 2 amide bonds. The molecule has 1 aromatic heterocycles. The Bertz CT molecular complexity index is 497. The molecule has 0 spiro atoms. The van der Waals surface area contributed by atoms with Crippen molar-refractivity contribution in [3.8, 4) is 0 Å². The molecule has 5 nitrogen and oxygen atoms in total. The van der Waals surface area contributed by atoms with E-state index >= 15 is 0 Å². The molecular formula is C14H21N3O2S2. The van der Waals surface area contributed by atoms with Crippen LogP contribution in [0.4, 0.5) is 5.13 Å². The van der Waals surface area contributed by atoms with Gasteiger partial charge in [0.2, 0.25) is 11.8 Å². The van der Waals surface area contributed by atoms with Gasteiger partial charge in [-0.05, 0) is 12.8 Å². The molecule has 21 heavy (non-hydrogen) atoms. The van der Waals surface area contributed by atoms with Crippen LogP contribution in [0.1, 0.15) is 33.6 Å². The van der Waals surface area contributed by atoms with Crippen LogP contribution in [0, 0.1) is 0 Å². The van der Waals surface area contributed by atoms with E-state index in [4.69, 9.17) is 0 Å². The largest absolute Gasteiger partial charge is 0.330 e. The summed E-state index contributed by atoms with van der Waals surface area (Å²) < 4.78 is 0.0496. The van der Waals surface area contributed by atoms with E-state index in [2.05, 4.69) is 31.1 Å². The smallest absolute Gasteiger partial charge is 0.248 e. The van der Waals surface area contributed by atoms with Gasteiger partial charge in [-0.2, -0.15) is 0 Å². The summed E-state index contributed by atoms with van der Waals surface area (Å²) >= 11 is 3.00. The van der Waals surface area contributed by atoms with Crippen LogP contribution < -0.4 is 5.32 Å². The Morgan fingerprint density at radius 3 is 2.90 bits per heavy atom. The minimum atomic E-state index is -0.359. The molecule has 0 saturated carbocycles. The summed E-state index contributed by atoms with van der Waals surface area (Å²) in [5, 5.41) is 5.19. The Morgan fingerprint density at radius 1 is 1.52 bits per heavy atom. The van der Waals surface area contributed by atoms with Crippen LogP contribution >= 0.6 is 23.1 Å². The lowest BCUT2D eigenvalue weighted by molar-refractivity contribution is -0.134. The Morgan fingerprint density at radius 2 is 2.29 bits per heavy atom. The van der Waals surface area contributed by atoms with E-state index in [-0.39, 0.29) is 22.6 Å². The van der Waals surface area contributed by atoms with Crippen LogP contribution in [0.2, 0.25) is 0 Å².